The van der Waals surface area contributed by atoms with Crippen LogP contribution in [0.3, 0.4) is 0 Å². The molecule has 0 saturated carbocycles. The van der Waals surface area contributed by atoms with Gasteiger partial charge in [-0.25, -0.2) is 9.67 Å². The Morgan fingerprint density at radius 1 is 1.35 bits per heavy atom. The lowest BCUT2D eigenvalue weighted by Gasteiger charge is -2.01. The molecule has 0 bridgehead atoms. The predicted octanol–water partition coefficient (Wildman–Crippen LogP) is 3.00. The fourth-order valence-electron chi connectivity index (χ4n) is 1.99. The van der Waals surface area contributed by atoms with E-state index in [0.29, 0.717) is 25.7 Å². The van der Waals surface area contributed by atoms with Gasteiger partial charge in [0.15, 0.2) is 15.4 Å². The number of nitrogens with two attached hydrogens (primary N) is 1. The van der Waals surface area contributed by atoms with Crippen molar-refractivity contribution in [2.75, 3.05) is 5.73 Å². The third kappa shape index (κ3) is 2.00. The van der Waals surface area contributed by atoms with Crippen LogP contribution in [0.15, 0.2) is 30.3 Å². The van der Waals surface area contributed by atoms with Crippen molar-refractivity contribution >= 4 is 45.4 Å². The van der Waals surface area contributed by atoms with Gasteiger partial charge in [-0.1, -0.05) is 29.5 Å². The van der Waals surface area contributed by atoms with Crippen molar-refractivity contribution in [1.82, 2.24) is 14.8 Å². The van der Waals surface area contributed by atoms with E-state index in [2.05, 4.69) is 10.1 Å². The third-order valence-electron chi connectivity index (χ3n) is 2.84. The van der Waals surface area contributed by atoms with Gasteiger partial charge in [-0.3, -0.25) is 4.79 Å². The standard InChI is InChI=1S/C13H10N4OS2/c1-7(18)10-9-11(14)20-13(19)15-12(9)17(16-10)8-5-3-2-4-6-8/h2-6H,14H2,1H3. The van der Waals surface area contributed by atoms with Crippen LogP contribution < -0.4 is 5.73 Å². The molecular formula is C13H10N4OS2. The minimum atomic E-state index is -0.150. The molecule has 0 unspecified atom stereocenters. The van der Waals surface area contributed by atoms with Crippen LogP contribution >= 0.6 is 23.6 Å². The zero-order valence-corrected chi connectivity index (χ0v) is 12.2. The number of anilines is 1. The second-order valence-corrected chi connectivity index (χ2v) is 5.87. The summed E-state index contributed by atoms with van der Waals surface area (Å²) in [5, 5.41) is 5.38. The summed E-state index contributed by atoms with van der Waals surface area (Å²) in [4.78, 5) is 16.1. The van der Waals surface area contributed by atoms with Crippen molar-refractivity contribution in [2.45, 2.75) is 6.92 Å². The molecule has 3 aromatic rings. The molecule has 0 spiro atoms. The maximum absolute atomic E-state index is 11.8. The number of hydrogen-bond acceptors (Lipinski definition) is 6. The highest BCUT2D eigenvalue weighted by Crippen LogP contribution is 2.29. The first-order valence-corrected chi connectivity index (χ1v) is 7.06. The van der Waals surface area contributed by atoms with Gasteiger partial charge >= 0.3 is 0 Å². The number of rotatable bonds is 2. The number of hydrogen-bond donors (Lipinski definition) is 1. The smallest absolute Gasteiger partial charge is 0.184 e. The number of carbonyl (C=O) groups is 1. The summed E-state index contributed by atoms with van der Waals surface area (Å²) in [6, 6.07) is 9.45. The summed E-state index contributed by atoms with van der Waals surface area (Å²) in [5.41, 5.74) is 7.64. The lowest BCUT2D eigenvalue weighted by Crippen LogP contribution is -1.99. The summed E-state index contributed by atoms with van der Waals surface area (Å²) < 4.78 is 2.02. The Bertz CT molecular complexity index is 867. The molecule has 1 aromatic carbocycles. The van der Waals surface area contributed by atoms with Crippen LogP contribution in [0, 0.1) is 3.95 Å². The minimum absolute atomic E-state index is 0.150. The number of ketones is 1. The average molecular weight is 302 g/mol. The second kappa shape index (κ2) is 4.77. The van der Waals surface area contributed by atoms with Crippen molar-refractivity contribution < 1.29 is 4.79 Å². The molecule has 2 heterocycles. The van der Waals surface area contributed by atoms with Gasteiger partial charge < -0.3 is 5.73 Å². The van der Waals surface area contributed by atoms with E-state index < -0.39 is 0 Å². The Labute approximate surface area is 123 Å². The molecule has 20 heavy (non-hydrogen) atoms. The molecule has 0 saturated heterocycles. The molecule has 2 aromatic heterocycles. The Balaban J connectivity index is 2.45. The normalized spacial score (nSPS) is 10.8. The van der Waals surface area contributed by atoms with E-state index in [1.807, 2.05) is 30.3 Å². The number of Topliss-reactive ketones (excluding diaryl/α,β-unsaturated/α-hetero) is 1. The lowest BCUT2D eigenvalue weighted by molar-refractivity contribution is 0.101. The Morgan fingerprint density at radius 3 is 2.70 bits per heavy atom. The van der Waals surface area contributed by atoms with E-state index >= 15 is 0 Å². The van der Waals surface area contributed by atoms with Gasteiger partial charge in [-0.15, -0.1) is 0 Å². The quantitative estimate of drug-likeness (QED) is 0.582. The van der Waals surface area contributed by atoms with E-state index in [1.54, 1.807) is 4.68 Å². The number of carbonyl (C=O) groups excluding carboxylic acids is 1. The summed E-state index contributed by atoms with van der Waals surface area (Å²) in [7, 11) is 0. The first-order chi connectivity index (χ1) is 9.58. The Morgan fingerprint density at radius 2 is 2.05 bits per heavy atom. The van der Waals surface area contributed by atoms with Crippen molar-refractivity contribution in [3.63, 3.8) is 0 Å². The molecule has 100 valence electrons. The second-order valence-electron chi connectivity index (χ2n) is 4.19. The van der Waals surface area contributed by atoms with Crippen molar-refractivity contribution in [3.8, 4) is 5.69 Å². The molecule has 3 rings (SSSR count). The molecule has 7 heteroatoms. The zero-order chi connectivity index (χ0) is 14.3. The minimum Gasteiger partial charge on any atom is -0.390 e. The molecule has 0 fully saturated rings. The Kier molecular flexibility index (Phi) is 3.07. The van der Waals surface area contributed by atoms with Gasteiger partial charge in [0.25, 0.3) is 0 Å². The zero-order valence-electron chi connectivity index (χ0n) is 10.5. The molecule has 2 N–H and O–H groups in total. The van der Waals surface area contributed by atoms with Gasteiger partial charge in [0.1, 0.15) is 10.7 Å². The van der Waals surface area contributed by atoms with E-state index in [9.17, 15) is 4.79 Å². The van der Waals surface area contributed by atoms with Crippen LogP contribution in [0.5, 0.6) is 0 Å². The van der Waals surface area contributed by atoms with Crippen LogP contribution in [0.4, 0.5) is 5.00 Å². The molecule has 0 aliphatic rings. The van der Waals surface area contributed by atoms with Crippen LogP contribution in [-0.4, -0.2) is 20.5 Å². The fraction of sp³-hybridized carbons (Fsp3) is 0.0769. The number of benzene rings is 1. The van der Waals surface area contributed by atoms with Crippen LogP contribution in [0.25, 0.3) is 16.7 Å². The monoisotopic (exact) mass is 302 g/mol. The summed E-state index contributed by atoms with van der Waals surface area (Å²) in [6.45, 7) is 1.46. The number of fused-ring (bicyclic) bond motifs is 1. The van der Waals surface area contributed by atoms with Crippen LogP contribution in [0.2, 0.25) is 0 Å². The van der Waals surface area contributed by atoms with Gasteiger partial charge in [0.05, 0.1) is 11.1 Å². The molecule has 0 atom stereocenters. The molecule has 0 aliphatic heterocycles. The van der Waals surface area contributed by atoms with Gasteiger partial charge in [-0.05, 0) is 24.4 Å². The molecule has 0 amide bonds. The van der Waals surface area contributed by atoms with E-state index in [0.717, 1.165) is 5.69 Å². The molecular weight excluding hydrogens is 292 g/mol. The summed E-state index contributed by atoms with van der Waals surface area (Å²) >= 11 is 6.29. The highest BCUT2D eigenvalue weighted by molar-refractivity contribution is 7.73. The Hall–Kier alpha value is -2.12. The fourth-order valence-corrected chi connectivity index (χ4v) is 2.96. The van der Waals surface area contributed by atoms with Crippen molar-refractivity contribution in [1.29, 1.82) is 0 Å². The lowest BCUT2D eigenvalue weighted by atomic mass is 10.2. The maximum Gasteiger partial charge on any atom is 0.184 e. The number of para-hydroxylation sites is 1. The number of aromatic nitrogens is 3. The van der Waals surface area contributed by atoms with Crippen molar-refractivity contribution in [3.05, 3.63) is 40.0 Å². The third-order valence-corrected chi connectivity index (χ3v) is 3.87. The SMILES string of the molecule is CC(=O)c1nn(-c2ccccc2)c2nc(=S)sc(N)c12. The summed E-state index contributed by atoms with van der Waals surface area (Å²) in [5.74, 6) is -0.150. The number of nitrogen functional groups attached to an aromatic ring is 1. The van der Waals surface area contributed by atoms with E-state index in [1.165, 1.54) is 18.3 Å². The average Bonchev–Trinajstić information content (AvgIpc) is 2.79. The van der Waals surface area contributed by atoms with Gasteiger partial charge in [-0.2, -0.15) is 5.10 Å². The highest BCUT2D eigenvalue weighted by Gasteiger charge is 2.19. The first-order valence-electron chi connectivity index (χ1n) is 5.83. The molecule has 5 nitrogen and oxygen atoms in total. The van der Waals surface area contributed by atoms with Gasteiger partial charge in [0.2, 0.25) is 0 Å². The molecule has 0 radical (unpaired) electrons. The van der Waals surface area contributed by atoms with E-state index in [4.69, 9.17) is 18.0 Å². The van der Waals surface area contributed by atoms with Crippen LogP contribution in [0.1, 0.15) is 17.4 Å². The first kappa shape index (κ1) is 12.9. The largest absolute Gasteiger partial charge is 0.390 e. The summed E-state index contributed by atoms with van der Waals surface area (Å²) in [6.07, 6.45) is 0. The van der Waals surface area contributed by atoms with Crippen LogP contribution in [-0.2, 0) is 0 Å². The van der Waals surface area contributed by atoms with E-state index in [-0.39, 0.29) is 5.78 Å². The predicted molar refractivity (Wildman–Crippen MR) is 82.0 cm³/mol. The highest BCUT2D eigenvalue weighted by atomic mass is 32.1. The van der Waals surface area contributed by atoms with Gasteiger partial charge in [0, 0.05) is 6.92 Å². The molecule has 0 aliphatic carbocycles. The maximum atomic E-state index is 11.8. The topological polar surface area (TPSA) is 73.8 Å². The van der Waals surface area contributed by atoms with Crippen molar-refractivity contribution in [2.24, 2.45) is 0 Å². The number of nitrogens with zero attached hydrogens (tertiary/aromatic N) is 3.